The van der Waals surface area contributed by atoms with Crippen LogP contribution in [0, 0.1) is 11.7 Å². The zero-order chi connectivity index (χ0) is 15.5. The summed E-state index contributed by atoms with van der Waals surface area (Å²) >= 11 is 0. The van der Waals surface area contributed by atoms with Gasteiger partial charge >= 0.3 is 0 Å². The minimum absolute atomic E-state index is 0.0258. The van der Waals surface area contributed by atoms with Crippen LogP contribution in [0.2, 0.25) is 0 Å². The van der Waals surface area contributed by atoms with Crippen molar-refractivity contribution in [2.45, 2.75) is 17.7 Å². The highest BCUT2D eigenvalue weighted by Crippen LogP contribution is 2.28. The predicted molar refractivity (Wildman–Crippen MR) is 75.3 cm³/mol. The lowest BCUT2D eigenvalue weighted by Crippen LogP contribution is -2.27. The summed E-state index contributed by atoms with van der Waals surface area (Å²) in [6.45, 7) is 1.37. The summed E-state index contributed by atoms with van der Waals surface area (Å²) < 4.78 is 41.0. The fourth-order valence-corrected chi connectivity index (χ4v) is 2.63. The molecule has 5 nitrogen and oxygen atoms in total. The Hall–Kier alpha value is -1.18. The normalized spacial score (nSPS) is 15.0. The second kappa shape index (κ2) is 6.72. The Morgan fingerprint density at radius 3 is 2.76 bits per heavy atom. The third-order valence-electron chi connectivity index (χ3n) is 3.04. The summed E-state index contributed by atoms with van der Waals surface area (Å²) in [6.07, 6.45) is 2.38. The summed E-state index contributed by atoms with van der Waals surface area (Å²) in [5.41, 5.74) is 0.0258. The number of amides is 1. The minimum Gasteiger partial charge on any atom is -0.379 e. The fourth-order valence-electron chi connectivity index (χ4n) is 1.70. The maximum Gasteiger partial charge on any atom is 0.264 e. The summed E-state index contributed by atoms with van der Waals surface area (Å²) in [5, 5.41) is 2.57. The fraction of sp³-hybridized carbons (Fsp3) is 0.462. The van der Waals surface area contributed by atoms with E-state index in [4.69, 9.17) is 15.4 Å². The van der Waals surface area contributed by atoms with Gasteiger partial charge < -0.3 is 10.1 Å². The molecular weight excluding hydrogens is 321 g/mol. The van der Waals surface area contributed by atoms with E-state index < -0.39 is 25.7 Å². The molecule has 0 aromatic heterocycles. The lowest BCUT2D eigenvalue weighted by molar-refractivity contribution is 0.0906. The molecule has 0 bridgehead atoms. The van der Waals surface area contributed by atoms with Gasteiger partial charge in [-0.15, -0.1) is 0 Å². The molecular formula is C13H15ClFNO4S. The van der Waals surface area contributed by atoms with Crippen LogP contribution in [-0.2, 0) is 13.8 Å². The molecule has 1 aliphatic carbocycles. The maximum absolute atomic E-state index is 13.3. The first-order chi connectivity index (χ1) is 9.88. The standard InChI is InChI=1S/C13H15ClFNO4S/c14-21(18,19)12-7-10(3-4-11(12)15)13(17)16-5-6-20-8-9-1-2-9/h3-4,7,9H,1-2,5-6,8H2,(H,16,17). The van der Waals surface area contributed by atoms with Crippen molar-refractivity contribution in [3.63, 3.8) is 0 Å². The van der Waals surface area contributed by atoms with Gasteiger partial charge in [0.05, 0.1) is 6.61 Å². The van der Waals surface area contributed by atoms with Crippen LogP contribution < -0.4 is 5.32 Å². The molecule has 0 aliphatic heterocycles. The molecule has 1 fully saturated rings. The average molecular weight is 336 g/mol. The van der Waals surface area contributed by atoms with Crippen molar-refractivity contribution < 1.29 is 22.3 Å². The van der Waals surface area contributed by atoms with E-state index >= 15 is 0 Å². The first-order valence-corrected chi connectivity index (χ1v) is 8.79. The second-order valence-corrected chi connectivity index (χ2v) is 7.39. The van der Waals surface area contributed by atoms with Crippen LogP contribution in [0.4, 0.5) is 4.39 Å². The van der Waals surface area contributed by atoms with Crippen LogP contribution in [-0.4, -0.2) is 34.1 Å². The van der Waals surface area contributed by atoms with E-state index in [-0.39, 0.29) is 5.56 Å². The molecule has 1 N–H and O–H groups in total. The predicted octanol–water partition coefficient (Wildman–Crippen LogP) is 1.91. The molecule has 0 heterocycles. The van der Waals surface area contributed by atoms with Gasteiger partial charge in [-0.25, -0.2) is 12.8 Å². The molecule has 1 saturated carbocycles. The number of halogens is 2. The van der Waals surface area contributed by atoms with Crippen molar-refractivity contribution in [2.24, 2.45) is 5.92 Å². The van der Waals surface area contributed by atoms with Crippen molar-refractivity contribution >= 4 is 25.6 Å². The monoisotopic (exact) mass is 335 g/mol. The smallest absolute Gasteiger partial charge is 0.264 e. The van der Waals surface area contributed by atoms with Crippen molar-refractivity contribution in [3.8, 4) is 0 Å². The van der Waals surface area contributed by atoms with Crippen LogP contribution in [0.5, 0.6) is 0 Å². The third-order valence-corrected chi connectivity index (χ3v) is 4.38. The Labute approximate surface area is 126 Å². The van der Waals surface area contributed by atoms with Gasteiger partial charge in [0, 0.05) is 29.4 Å². The number of hydrogen-bond donors (Lipinski definition) is 1. The van der Waals surface area contributed by atoms with E-state index in [0.29, 0.717) is 25.7 Å². The van der Waals surface area contributed by atoms with Gasteiger partial charge in [0.25, 0.3) is 15.0 Å². The Kier molecular flexibility index (Phi) is 5.18. The van der Waals surface area contributed by atoms with Gasteiger partial charge in [-0.05, 0) is 37.0 Å². The largest absolute Gasteiger partial charge is 0.379 e. The van der Waals surface area contributed by atoms with E-state index in [9.17, 15) is 17.6 Å². The Bertz CT molecular complexity index is 631. The van der Waals surface area contributed by atoms with Crippen LogP contribution in [0.25, 0.3) is 0 Å². The van der Waals surface area contributed by atoms with Crippen LogP contribution in [0.3, 0.4) is 0 Å². The number of carbonyl (C=O) groups excluding carboxylic acids is 1. The van der Waals surface area contributed by atoms with Crippen molar-refractivity contribution in [1.82, 2.24) is 5.32 Å². The Morgan fingerprint density at radius 1 is 1.43 bits per heavy atom. The van der Waals surface area contributed by atoms with E-state index in [1.807, 2.05) is 0 Å². The molecule has 0 spiro atoms. The first kappa shape index (κ1) is 16.2. The molecule has 0 atom stereocenters. The van der Waals surface area contributed by atoms with Gasteiger partial charge in [0.2, 0.25) is 0 Å². The van der Waals surface area contributed by atoms with Crippen molar-refractivity contribution in [2.75, 3.05) is 19.8 Å². The second-order valence-electron chi connectivity index (χ2n) is 4.86. The average Bonchev–Trinajstić information content (AvgIpc) is 3.21. The number of carbonyl (C=O) groups is 1. The number of ether oxygens (including phenoxy) is 1. The highest BCUT2D eigenvalue weighted by atomic mass is 35.7. The summed E-state index contributed by atoms with van der Waals surface area (Å²) in [5.74, 6) is -0.852. The molecule has 8 heteroatoms. The van der Waals surface area contributed by atoms with Gasteiger partial charge in [0.15, 0.2) is 0 Å². The molecule has 1 aromatic carbocycles. The summed E-state index contributed by atoms with van der Waals surface area (Å²) in [4.78, 5) is 11.1. The summed E-state index contributed by atoms with van der Waals surface area (Å²) in [7, 11) is 0.873. The van der Waals surface area contributed by atoms with Crippen molar-refractivity contribution in [3.05, 3.63) is 29.6 Å². The lowest BCUT2D eigenvalue weighted by atomic mass is 10.2. The van der Waals surface area contributed by atoms with E-state index in [1.54, 1.807) is 0 Å². The number of rotatable bonds is 7. The molecule has 21 heavy (non-hydrogen) atoms. The zero-order valence-corrected chi connectivity index (χ0v) is 12.7. The molecule has 1 aromatic rings. The lowest BCUT2D eigenvalue weighted by Gasteiger charge is -2.07. The Balaban J connectivity index is 1.89. The topological polar surface area (TPSA) is 72.5 Å². The highest BCUT2D eigenvalue weighted by Gasteiger charge is 2.21. The van der Waals surface area contributed by atoms with Gasteiger partial charge in [0.1, 0.15) is 10.7 Å². The molecule has 0 saturated heterocycles. The third kappa shape index (κ3) is 4.94. The first-order valence-electron chi connectivity index (χ1n) is 6.48. The maximum atomic E-state index is 13.3. The van der Waals surface area contributed by atoms with Crippen molar-refractivity contribution in [1.29, 1.82) is 0 Å². The van der Waals surface area contributed by atoms with Gasteiger partial charge in [-0.1, -0.05) is 0 Å². The van der Waals surface area contributed by atoms with E-state index in [0.717, 1.165) is 12.1 Å². The van der Waals surface area contributed by atoms with Crippen LogP contribution in [0.1, 0.15) is 23.2 Å². The number of benzene rings is 1. The molecule has 116 valence electrons. The SMILES string of the molecule is O=C(NCCOCC1CC1)c1ccc(F)c(S(=O)(=O)Cl)c1. The minimum atomic E-state index is -4.23. The number of nitrogens with one attached hydrogen (secondary N) is 1. The van der Waals surface area contributed by atoms with Gasteiger partial charge in [-0.2, -0.15) is 0 Å². The molecule has 0 unspecified atom stereocenters. The quantitative estimate of drug-likeness (QED) is 0.610. The van der Waals surface area contributed by atoms with E-state index in [1.165, 1.54) is 18.9 Å². The van der Waals surface area contributed by atoms with Gasteiger partial charge in [-0.3, -0.25) is 4.79 Å². The van der Waals surface area contributed by atoms with Crippen LogP contribution in [0.15, 0.2) is 23.1 Å². The van der Waals surface area contributed by atoms with Crippen LogP contribution >= 0.6 is 10.7 Å². The molecule has 0 radical (unpaired) electrons. The Morgan fingerprint density at radius 2 is 2.14 bits per heavy atom. The molecule has 1 aliphatic rings. The molecule has 1 amide bonds. The van der Waals surface area contributed by atoms with E-state index in [2.05, 4.69) is 5.32 Å². The number of hydrogen-bond acceptors (Lipinski definition) is 4. The summed E-state index contributed by atoms with van der Waals surface area (Å²) in [6, 6.07) is 3.01. The highest BCUT2D eigenvalue weighted by molar-refractivity contribution is 8.13. The zero-order valence-electron chi connectivity index (χ0n) is 11.1. The molecule has 2 rings (SSSR count).